The largest absolute Gasteiger partial charge is 0.373 e. The van der Waals surface area contributed by atoms with Crippen molar-refractivity contribution in [2.24, 2.45) is 0 Å². The van der Waals surface area contributed by atoms with Crippen molar-refractivity contribution in [3.05, 3.63) is 18.2 Å². The van der Waals surface area contributed by atoms with Crippen LogP contribution in [0.2, 0.25) is 0 Å². The van der Waals surface area contributed by atoms with Crippen molar-refractivity contribution in [1.29, 1.82) is 0 Å². The van der Waals surface area contributed by atoms with Crippen LogP contribution in [0.3, 0.4) is 0 Å². The molecule has 1 rings (SSSR count). The third-order valence-electron chi connectivity index (χ3n) is 1.61. The van der Waals surface area contributed by atoms with Crippen LogP contribution >= 0.6 is 0 Å². The van der Waals surface area contributed by atoms with Gasteiger partial charge in [-0.3, -0.25) is 0 Å². The molecule has 0 fully saturated rings. The summed E-state index contributed by atoms with van der Waals surface area (Å²) in [5, 5.41) is 9.46. The second kappa shape index (κ2) is 3.93. The summed E-state index contributed by atoms with van der Waals surface area (Å²) in [4.78, 5) is 4.02. The highest BCUT2D eigenvalue weighted by molar-refractivity contribution is 5.12. The van der Waals surface area contributed by atoms with Gasteiger partial charge in [0.25, 0.3) is 0 Å². The fourth-order valence-corrected chi connectivity index (χ4v) is 1.04. The monoisotopic (exact) mass is 164 g/mol. The number of aliphatic hydroxyl groups excluding tert-OH is 1. The standard InChI is InChI=1S/C9H12N2O/c1-3-5-8(12)9-10-6-7-11(9)4-2/h6-8,12H,4H2,1-2H3. The van der Waals surface area contributed by atoms with Crippen LogP contribution < -0.4 is 0 Å². The van der Waals surface area contributed by atoms with E-state index in [1.807, 2.05) is 17.7 Å². The normalized spacial score (nSPS) is 11.9. The fourth-order valence-electron chi connectivity index (χ4n) is 1.04. The molecule has 0 radical (unpaired) electrons. The van der Waals surface area contributed by atoms with Crippen molar-refractivity contribution >= 4 is 0 Å². The minimum Gasteiger partial charge on any atom is -0.373 e. The molecule has 0 aliphatic rings. The summed E-state index contributed by atoms with van der Waals surface area (Å²) in [6.45, 7) is 4.50. The number of rotatable bonds is 2. The number of hydrogen-bond donors (Lipinski definition) is 1. The summed E-state index contributed by atoms with van der Waals surface area (Å²) in [5.41, 5.74) is 0. The Kier molecular flexibility index (Phi) is 2.89. The van der Waals surface area contributed by atoms with Gasteiger partial charge in [0, 0.05) is 18.9 Å². The summed E-state index contributed by atoms with van der Waals surface area (Å²) >= 11 is 0. The smallest absolute Gasteiger partial charge is 0.172 e. The van der Waals surface area contributed by atoms with Gasteiger partial charge in [0.15, 0.2) is 6.10 Å². The van der Waals surface area contributed by atoms with Crippen molar-refractivity contribution in [3.8, 4) is 11.8 Å². The third-order valence-corrected chi connectivity index (χ3v) is 1.61. The molecule has 3 nitrogen and oxygen atoms in total. The molecule has 0 aliphatic heterocycles. The maximum Gasteiger partial charge on any atom is 0.172 e. The van der Waals surface area contributed by atoms with Crippen LogP contribution in [-0.4, -0.2) is 14.7 Å². The van der Waals surface area contributed by atoms with Gasteiger partial charge in [-0.25, -0.2) is 4.98 Å². The van der Waals surface area contributed by atoms with Crippen LogP contribution in [-0.2, 0) is 6.54 Å². The molecule has 0 aromatic carbocycles. The molecule has 1 atom stereocenters. The van der Waals surface area contributed by atoms with Crippen molar-refractivity contribution in [1.82, 2.24) is 9.55 Å². The van der Waals surface area contributed by atoms with Crippen LogP contribution in [0.5, 0.6) is 0 Å². The predicted octanol–water partition coefficient (Wildman–Crippen LogP) is 0.960. The predicted molar refractivity (Wildman–Crippen MR) is 46.3 cm³/mol. The van der Waals surface area contributed by atoms with Gasteiger partial charge >= 0.3 is 0 Å². The van der Waals surface area contributed by atoms with Gasteiger partial charge in [0.05, 0.1) is 0 Å². The van der Waals surface area contributed by atoms with Gasteiger partial charge in [0.2, 0.25) is 0 Å². The molecule has 0 saturated carbocycles. The first-order valence-corrected chi connectivity index (χ1v) is 3.91. The van der Waals surface area contributed by atoms with Crippen LogP contribution in [0.4, 0.5) is 0 Å². The molecule has 0 spiro atoms. The van der Waals surface area contributed by atoms with Crippen LogP contribution in [0.25, 0.3) is 0 Å². The number of aryl methyl sites for hydroxylation is 1. The molecule has 0 amide bonds. The SMILES string of the molecule is CC#CC(O)c1nccn1CC. The first-order chi connectivity index (χ1) is 5.79. The molecule has 1 N–H and O–H groups in total. The Morgan fingerprint density at radius 1 is 1.75 bits per heavy atom. The number of imidazole rings is 1. The Morgan fingerprint density at radius 2 is 2.50 bits per heavy atom. The maximum absolute atomic E-state index is 9.46. The summed E-state index contributed by atoms with van der Waals surface area (Å²) in [5.74, 6) is 5.92. The van der Waals surface area contributed by atoms with E-state index >= 15 is 0 Å². The van der Waals surface area contributed by atoms with Gasteiger partial charge in [-0.2, -0.15) is 0 Å². The molecule has 0 bridgehead atoms. The average molecular weight is 164 g/mol. The molecule has 3 heteroatoms. The topological polar surface area (TPSA) is 38.1 Å². The number of aromatic nitrogens is 2. The Labute approximate surface area is 72.1 Å². The summed E-state index contributed by atoms with van der Waals surface area (Å²) in [6.07, 6.45) is 2.74. The van der Waals surface area contributed by atoms with Gasteiger partial charge < -0.3 is 9.67 Å². The van der Waals surface area contributed by atoms with Crippen molar-refractivity contribution < 1.29 is 5.11 Å². The molecule has 0 saturated heterocycles. The minimum atomic E-state index is -0.759. The van der Waals surface area contributed by atoms with Crippen molar-refractivity contribution in [3.63, 3.8) is 0 Å². The Bertz CT molecular complexity index is 306. The quantitative estimate of drug-likeness (QED) is 0.661. The number of nitrogens with zero attached hydrogens (tertiary/aromatic N) is 2. The van der Waals surface area contributed by atoms with E-state index in [1.165, 1.54) is 0 Å². The Balaban J connectivity index is 2.90. The summed E-state index contributed by atoms with van der Waals surface area (Å²) in [7, 11) is 0. The highest BCUT2D eigenvalue weighted by Crippen LogP contribution is 2.08. The van der Waals surface area contributed by atoms with Gasteiger partial charge in [-0.1, -0.05) is 5.92 Å². The van der Waals surface area contributed by atoms with Gasteiger partial charge in [0.1, 0.15) is 5.82 Å². The molecule has 1 aromatic heterocycles. The van der Waals surface area contributed by atoms with Crippen molar-refractivity contribution in [2.75, 3.05) is 0 Å². The first-order valence-electron chi connectivity index (χ1n) is 3.91. The maximum atomic E-state index is 9.46. The first kappa shape index (κ1) is 8.82. The molecule has 64 valence electrons. The number of hydrogen-bond acceptors (Lipinski definition) is 2. The highest BCUT2D eigenvalue weighted by Gasteiger charge is 2.08. The lowest BCUT2D eigenvalue weighted by atomic mass is 10.3. The molecule has 1 unspecified atom stereocenters. The Morgan fingerprint density at radius 3 is 3.08 bits per heavy atom. The van der Waals surface area contributed by atoms with E-state index < -0.39 is 6.10 Å². The van der Waals surface area contributed by atoms with E-state index in [0.717, 1.165) is 6.54 Å². The van der Waals surface area contributed by atoms with E-state index in [2.05, 4.69) is 16.8 Å². The highest BCUT2D eigenvalue weighted by atomic mass is 16.3. The zero-order valence-corrected chi connectivity index (χ0v) is 7.28. The molecule has 1 aromatic rings. The molecule has 0 aliphatic carbocycles. The fraction of sp³-hybridized carbons (Fsp3) is 0.444. The van der Waals surface area contributed by atoms with Crippen LogP contribution in [0, 0.1) is 11.8 Å². The van der Waals surface area contributed by atoms with Crippen LogP contribution in [0.15, 0.2) is 12.4 Å². The zero-order valence-electron chi connectivity index (χ0n) is 7.28. The third kappa shape index (κ3) is 1.66. The van der Waals surface area contributed by atoms with E-state index in [4.69, 9.17) is 0 Å². The average Bonchev–Trinajstić information content (AvgIpc) is 2.51. The second-order valence-corrected chi connectivity index (χ2v) is 2.37. The Hall–Kier alpha value is -1.27. The van der Waals surface area contributed by atoms with Gasteiger partial charge in [-0.05, 0) is 13.8 Å². The molecular formula is C9H12N2O. The van der Waals surface area contributed by atoms with E-state index in [1.54, 1.807) is 13.1 Å². The molecular weight excluding hydrogens is 152 g/mol. The van der Waals surface area contributed by atoms with Crippen LogP contribution in [0.1, 0.15) is 25.8 Å². The molecule has 1 heterocycles. The van der Waals surface area contributed by atoms with Crippen molar-refractivity contribution in [2.45, 2.75) is 26.5 Å². The lowest BCUT2D eigenvalue weighted by Gasteiger charge is -2.05. The van der Waals surface area contributed by atoms with Gasteiger partial charge in [-0.15, -0.1) is 5.92 Å². The lowest BCUT2D eigenvalue weighted by Crippen LogP contribution is -2.05. The minimum absolute atomic E-state index is 0.617. The summed E-state index contributed by atoms with van der Waals surface area (Å²) < 4.78 is 1.87. The number of aliphatic hydroxyl groups is 1. The van der Waals surface area contributed by atoms with E-state index in [9.17, 15) is 5.11 Å². The summed E-state index contributed by atoms with van der Waals surface area (Å²) in [6, 6.07) is 0. The van der Waals surface area contributed by atoms with E-state index in [0.29, 0.717) is 5.82 Å². The zero-order chi connectivity index (χ0) is 8.97. The second-order valence-electron chi connectivity index (χ2n) is 2.37. The lowest BCUT2D eigenvalue weighted by molar-refractivity contribution is 0.222. The van der Waals surface area contributed by atoms with E-state index in [-0.39, 0.29) is 0 Å². The molecule has 12 heavy (non-hydrogen) atoms.